The molecule has 2 heterocycles. The van der Waals surface area contributed by atoms with E-state index in [0.29, 0.717) is 21.2 Å². The van der Waals surface area contributed by atoms with Crippen molar-refractivity contribution >= 4 is 29.1 Å². The van der Waals surface area contributed by atoms with Crippen LogP contribution in [0, 0.1) is 10.1 Å². The van der Waals surface area contributed by atoms with Crippen molar-refractivity contribution in [2.75, 3.05) is 5.73 Å². The highest BCUT2D eigenvalue weighted by atomic mass is 16.5. The summed E-state index contributed by atoms with van der Waals surface area (Å²) in [6, 6.07) is 8.46. The van der Waals surface area contributed by atoms with Crippen LogP contribution in [0.5, 0.6) is 0 Å². The van der Waals surface area contributed by atoms with E-state index in [1.54, 1.807) is 36.4 Å². The predicted octanol–water partition coefficient (Wildman–Crippen LogP) is 2.40. The molecule has 7 heteroatoms. The molecule has 122 valence electrons. The van der Waals surface area contributed by atoms with Crippen LogP contribution in [-0.2, 0) is 6.42 Å². The summed E-state index contributed by atoms with van der Waals surface area (Å²) in [5, 5.41) is 12.4. The highest BCUT2D eigenvalue weighted by Crippen LogP contribution is 2.14. The number of nitrogen functional groups attached to an aromatic ring is 1. The first kappa shape index (κ1) is 15.7. The zero-order valence-corrected chi connectivity index (χ0v) is 13.2. The van der Waals surface area contributed by atoms with Crippen LogP contribution in [0.2, 0.25) is 0 Å². The fourth-order valence-corrected chi connectivity index (χ4v) is 2.49. The van der Waals surface area contributed by atoms with Gasteiger partial charge in [0, 0.05) is 16.7 Å². The lowest BCUT2D eigenvalue weighted by Gasteiger charge is -2.14. The zero-order valence-electron chi connectivity index (χ0n) is 13.2. The van der Waals surface area contributed by atoms with Gasteiger partial charge < -0.3 is 15.7 Å². The van der Waals surface area contributed by atoms with Gasteiger partial charge in [-0.3, -0.25) is 0 Å². The molecule has 24 heavy (non-hydrogen) atoms. The number of aromatic nitrogens is 4. The molecule has 0 atom stereocenters. The molecule has 0 unspecified atom stereocenters. The fourth-order valence-electron chi connectivity index (χ4n) is 2.49. The smallest absolute Gasteiger partial charge is 0.286 e. The molecule has 0 radical (unpaired) electrons. The number of nitrogens with two attached hydrogens (primary N) is 1. The number of nitrogens with zero attached hydrogens (tertiary/aromatic N) is 4. The molecule has 0 bridgehead atoms. The quantitative estimate of drug-likeness (QED) is 0.743. The molecule has 2 N–H and O–H groups in total. The lowest BCUT2D eigenvalue weighted by molar-refractivity contribution is -0.464. The summed E-state index contributed by atoms with van der Waals surface area (Å²) < 4.78 is 1.40. The summed E-state index contributed by atoms with van der Waals surface area (Å²) in [4.78, 5) is 20.3. The Bertz CT molecular complexity index is 978. The molecule has 3 rings (SSSR count). The van der Waals surface area contributed by atoms with Crippen molar-refractivity contribution in [3.05, 3.63) is 63.7 Å². The van der Waals surface area contributed by atoms with E-state index in [1.807, 2.05) is 6.07 Å². The number of aryl methyl sites for hydroxylation is 1. The van der Waals surface area contributed by atoms with Crippen molar-refractivity contribution in [3.63, 3.8) is 0 Å². The first-order chi connectivity index (χ1) is 11.6. The Morgan fingerprint density at radius 3 is 2.88 bits per heavy atom. The second kappa shape index (κ2) is 6.49. The maximum Gasteiger partial charge on any atom is 0.286 e. The second-order valence-corrected chi connectivity index (χ2v) is 5.39. The van der Waals surface area contributed by atoms with Crippen LogP contribution in [-0.4, -0.2) is 14.7 Å². The summed E-state index contributed by atoms with van der Waals surface area (Å²) in [6.07, 6.45) is 6.18. The molecule has 7 nitrogen and oxygen atoms in total. The Labute approximate surface area is 138 Å². The normalized spacial score (nSPS) is 11.4. The zero-order chi connectivity index (χ0) is 17.1. The minimum Gasteiger partial charge on any atom is -0.805 e. The van der Waals surface area contributed by atoms with E-state index < -0.39 is 0 Å². The van der Waals surface area contributed by atoms with Crippen LogP contribution in [0.1, 0.15) is 30.4 Å². The lowest BCUT2D eigenvalue weighted by atomic mass is 10.2. The molecule has 0 saturated carbocycles. The summed E-state index contributed by atoms with van der Waals surface area (Å²) in [6.45, 7) is 2.05. The van der Waals surface area contributed by atoms with Gasteiger partial charge in [0.1, 0.15) is 11.2 Å². The third-order valence-electron chi connectivity index (χ3n) is 3.57. The van der Waals surface area contributed by atoms with Crippen molar-refractivity contribution in [1.29, 1.82) is 0 Å². The number of hydrogen-bond acceptors (Lipinski definition) is 5. The van der Waals surface area contributed by atoms with E-state index in [1.165, 1.54) is 6.20 Å². The van der Waals surface area contributed by atoms with E-state index in [0.717, 1.165) is 23.3 Å². The molecule has 1 aromatic carbocycles. The lowest BCUT2D eigenvalue weighted by Crippen LogP contribution is -2.18. The van der Waals surface area contributed by atoms with Crippen LogP contribution in [0.25, 0.3) is 23.2 Å². The van der Waals surface area contributed by atoms with E-state index in [2.05, 4.69) is 16.9 Å². The van der Waals surface area contributed by atoms with Crippen molar-refractivity contribution < 1.29 is 4.43 Å². The third kappa shape index (κ3) is 3.10. The number of anilines is 1. The number of rotatable bonds is 4. The van der Waals surface area contributed by atoms with E-state index >= 15 is 0 Å². The summed E-state index contributed by atoms with van der Waals surface area (Å²) in [5.74, 6) is 0.188. The largest absolute Gasteiger partial charge is 0.805 e. The Morgan fingerprint density at radius 1 is 1.29 bits per heavy atom. The number of para-hydroxylation sites is 2. The fraction of sp³-hybridized carbons (Fsp3) is 0.176. The summed E-state index contributed by atoms with van der Waals surface area (Å²) in [7, 11) is 0. The van der Waals surface area contributed by atoms with E-state index in [9.17, 15) is 10.1 Å². The van der Waals surface area contributed by atoms with E-state index in [-0.39, 0.29) is 11.6 Å². The Hall–Kier alpha value is -3.22. The van der Waals surface area contributed by atoms with Crippen LogP contribution < -0.4 is 10.2 Å². The molecule has 0 saturated heterocycles. The summed E-state index contributed by atoms with van der Waals surface area (Å²) in [5.41, 5.74) is 8.00. The van der Waals surface area contributed by atoms with Gasteiger partial charge >= 0.3 is 0 Å². The minimum absolute atomic E-state index is 0.188. The van der Waals surface area contributed by atoms with Gasteiger partial charge in [-0.15, -0.1) is 0 Å². The van der Waals surface area contributed by atoms with Gasteiger partial charge in [0.05, 0.1) is 10.1 Å². The predicted molar refractivity (Wildman–Crippen MR) is 93.4 cm³/mol. The monoisotopic (exact) mass is 323 g/mol. The first-order valence-corrected chi connectivity index (χ1v) is 7.64. The molecule has 0 spiro atoms. The van der Waals surface area contributed by atoms with E-state index in [4.69, 9.17) is 5.73 Å². The van der Waals surface area contributed by atoms with Gasteiger partial charge in [-0.05, 0) is 30.7 Å². The molecule has 0 fully saturated rings. The van der Waals surface area contributed by atoms with Crippen LogP contribution >= 0.6 is 0 Å². The van der Waals surface area contributed by atoms with Gasteiger partial charge in [-0.1, -0.05) is 25.5 Å². The minimum atomic E-state index is 0.188. The van der Waals surface area contributed by atoms with Gasteiger partial charge in [0.15, 0.2) is 0 Å². The van der Waals surface area contributed by atoms with Crippen LogP contribution in [0.15, 0.2) is 36.5 Å². The molecule has 0 aliphatic rings. The molecule has 0 aliphatic carbocycles. The van der Waals surface area contributed by atoms with Crippen molar-refractivity contribution in [2.24, 2.45) is 0 Å². The van der Waals surface area contributed by atoms with Crippen molar-refractivity contribution in [1.82, 2.24) is 14.7 Å². The average molecular weight is 323 g/mol. The first-order valence-electron chi connectivity index (χ1n) is 7.64. The Balaban J connectivity index is 2.02. The molecular weight excluding hydrogens is 306 g/mol. The third-order valence-corrected chi connectivity index (χ3v) is 3.57. The second-order valence-electron chi connectivity index (χ2n) is 5.39. The molecule has 3 aromatic rings. The number of hydrogen-bond donors (Lipinski definition) is 1. The van der Waals surface area contributed by atoms with Gasteiger partial charge in [0.25, 0.3) is 11.7 Å². The van der Waals surface area contributed by atoms with Crippen LogP contribution in [0.4, 0.5) is 5.95 Å². The van der Waals surface area contributed by atoms with Gasteiger partial charge in [-0.25, -0.2) is 9.97 Å². The molecule has 0 aliphatic heterocycles. The SMILES string of the molecule is CCCc1cc(/C=C/c2c[n+](=O)c3ccccc3n2[O-])nc(N)n1. The number of fused-ring (bicyclic) bond motifs is 1. The van der Waals surface area contributed by atoms with Crippen molar-refractivity contribution in [3.8, 4) is 0 Å². The maximum atomic E-state index is 12.4. The number of benzene rings is 1. The highest BCUT2D eigenvalue weighted by Gasteiger charge is 2.09. The highest BCUT2D eigenvalue weighted by molar-refractivity contribution is 5.75. The van der Waals surface area contributed by atoms with Crippen molar-refractivity contribution in [2.45, 2.75) is 19.8 Å². The Kier molecular flexibility index (Phi) is 4.24. The standard InChI is InChI=1S/C17H17N5O2/c1-2-5-12-10-13(20-17(18)19-12)8-9-14-11-21(23)15-6-3-4-7-16(15)22(14)24/h3-4,6-11H,2,5H2,1H3,(H2,18,19,20)/b9-8+. The van der Waals surface area contributed by atoms with Crippen LogP contribution in [0.3, 0.4) is 0 Å². The van der Waals surface area contributed by atoms with Gasteiger partial charge in [0.2, 0.25) is 5.95 Å². The molecule has 2 aromatic heterocycles. The Morgan fingerprint density at radius 2 is 2.08 bits per heavy atom. The average Bonchev–Trinajstić information content (AvgIpc) is 2.57. The summed E-state index contributed by atoms with van der Waals surface area (Å²) >= 11 is 0. The maximum absolute atomic E-state index is 12.4. The van der Waals surface area contributed by atoms with Gasteiger partial charge in [-0.2, -0.15) is 0 Å². The molecule has 0 amide bonds. The topological polar surface area (TPSA) is 103 Å². The molecular formula is C17H17N5O2.